The van der Waals surface area contributed by atoms with Gasteiger partial charge in [0.25, 0.3) is 0 Å². The number of ether oxygens (including phenoxy) is 1. The number of hydrogen-bond donors (Lipinski definition) is 1. The molecule has 1 atom stereocenters. The second-order valence-electron chi connectivity index (χ2n) is 8.77. The second kappa shape index (κ2) is 8.64. The standard InChI is InChI=1S/C26H28ClN3O2/c1-32-21-11-12-23-22(17-21)28-26(25-6-3-16-30(23)25)13-4-15-29(18-26)14-2-5-24(31)19-7-9-20(27)10-8-19/h3,6-12,16-17,28H,2,4-5,13-15,18H2,1H3. The van der Waals surface area contributed by atoms with Crippen LogP contribution in [0.25, 0.3) is 5.69 Å². The molecule has 0 aliphatic carbocycles. The van der Waals surface area contributed by atoms with Crippen LogP contribution >= 0.6 is 11.6 Å². The van der Waals surface area contributed by atoms with E-state index in [1.54, 1.807) is 19.2 Å². The average Bonchev–Trinajstić information content (AvgIpc) is 3.31. The summed E-state index contributed by atoms with van der Waals surface area (Å²) in [5.74, 6) is 1.04. The van der Waals surface area contributed by atoms with Gasteiger partial charge >= 0.3 is 0 Å². The predicted octanol–water partition coefficient (Wildman–Crippen LogP) is 5.52. The molecule has 3 aromatic rings. The van der Waals surface area contributed by atoms with E-state index in [-0.39, 0.29) is 11.3 Å². The van der Waals surface area contributed by atoms with E-state index in [1.165, 1.54) is 5.69 Å². The SMILES string of the molecule is COc1ccc2c(c1)NC1(CCCN(CCCC(=O)c3ccc(Cl)cc3)C1)c1cccn1-2. The summed E-state index contributed by atoms with van der Waals surface area (Å²) in [5, 5.41) is 4.52. The molecule has 3 heterocycles. The Labute approximate surface area is 193 Å². The summed E-state index contributed by atoms with van der Waals surface area (Å²) in [6.45, 7) is 2.89. The number of piperidine rings is 1. The average molecular weight is 450 g/mol. The molecule has 0 amide bonds. The molecule has 166 valence electrons. The van der Waals surface area contributed by atoms with Gasteiger partial charge < -0.3 is 19.5 Å². The third-order valence-electron chi connectivity index (χ3n) is 6.69. The molecule has 1 aromatic heterocycles. The number of ketones is 1. The molecule has 1 spiro atoms. The second-order valence-corrected chi connectivity index (χ2v) is 9.20. The minimum Gasteiger partial charge on any atom is -0.497 e. The van der Waals surface area contributed by atoms with Crippen LogP contribution in [0.15, 0.2) is 60.8 Å². The molecular formula is C26H28ClN3O2. The summed E-state index contributed by atoms with van der Waals surface area (Å²) >= 11 is 5.94. The zero-order chi connectivity index (χ0) is 22.1. The van der Waals surface area contributed by atoms with Crippen LogP contribution in [0.4, 0.5) is 5.69 Å². The summed E-state index contributed by atoms with van der Waals surface area (Å²) in [5.41, 5.74) is 4.16. The lowest BCUT2D eigenvalue weighted by molar-refractivity contribution is 0.0966. The molecule has 6 heteroatoms. The van der Waals surface area contributed by atoms with Crippen molar-refractivity contribution in [2.75, 3.05) is 32.1 Å². The van der Waals surface area contributed by atoms with Crippen molar-refractivity contribution < 1.29 is 9.53 Å². The number of carbonyl (C=O) groups is 1. The summed E-state index contributed by atoms with van der Waals surface area (Å²) in [7, 11) is 1.70. The van der Waals surface area contributed by atoms with Crippen LogP contribution in [-0.2, 0) is 5.54 Å². The van der Waals surface area contributed by atoms with Gasteiger partial charge in [-0.3, -0.25) is 4.79 Å². The maximum absolute atomic E-state index is 12.5. The number of likely N-dealkylation sites (tertiary alicyclic amines) is 1. The third kappa shape index (κ3) is 3.91. The highest BCUT2D eigenvalue weighted by Gasteiger charge is 2.42. The lowest BCUT2D eigenvalue weighted by atomic mass is 9.83. The van der Waals surface area contributed by atoms with Gasteiger partial charge in [-0.25, -0.2) is 0 Å². The van der Waals surface area contributed by atoms with Crippen LogP contribution in [-0.4, -0.2) is 42.0 Å². The van der Waals surface area contributed by atoms with E-state index < -0.39 is 0 Å². The minimum atomic E-state index is -0.138. The molecule has 0 saturated carbocycles. The number of rotatable bonds is 6. The minimum absolute atomic E-state index is 0.138. The van der Waals surface area contributed by atoms with Gasteiger partial charge in [0.05, 0.1) is 24.0 Å². The number of fused-ring (bicyclic) bond motifs is 4. The molecule has 5 nitrogen and oxygen atoms in total. The number of nitrogens with zero attached hydrogens (tertiary/aromatic N) is 2. The van der Waals surface area contributed by atoms with E-state index in [0.29, 0.717) is 11.4 Å². The first-order chi connectivity index (χ1) is 15.6. The number of hydrogen-bond acceptors (Lipinski definition) is 4. The highest BCUT2D eigenvalue weighted by Crippen LogP contribution is 2.43. The fourth-order valence-corrected chi connectivity index (χ4v) is 5.27. The third-order valence-corrected chi connectivity index (χ3v) is 6.94. The first kappa shape index (κ1) is 21.1. The molecule has 32 heavy (non-hydrogen) atoms. The van der Waals surface area contributed by atoms with E-state index >= 15 is 0 Å². The number of benzene rings is 2. The van der Waals surface area contributed by atoms with Crippen LogP contribution in [0, 0.1) is 0 Å². The Hall–Kier alpha value is -2.76. The fraction of sp³-hybridized carbons (Fsp3) is 0.346. The number of halogens is 1. The number of Topliss-reactive ketones (excluding diaryl/α,β-unsaturated/α-hetero) is 1. The van der Waals surface area contributed by atoms with Crippen LogP contribution in [0.3, 0.4) is 0 Å². The number of carbonyl (C=O) groups excluding carboxylic acids is 1. The van der Waals surface area contributed by atoms with Gasteiger partial charge in [-0.05, 0) is 80.9 Å². The summed E-state index contributed by atoms with van der Waals surface area (Å²) in [6, 6.07) is 17.7. The van der Waals surface area contributed by atoms with Gasteiger partial charge in [0.15, 0.2) is 5.78 Å². The highest BCUT2D eigenvalue weighted by molar-refractivity contribution is 6.30. The van der Waals surface area contributed by atoms with Crippen molar-refractivity contribution in [3.05, 3.63) is 77.1 Å². The maximum atomic E-state index is 12.5. The van der Waals surface area contributed by atoms with Gasteiger partial charge in [-0.1, -0.05) is 11.6 Å². The van der Waals surface area contributed by atoms with Gasteiger partial charge in [0, 0.05) is 41.5 Å². The van der Waals surface area contributed by atoms with E-state index in [2.05, 4.69) is 45.2 Å². The predicted molar refractivity (Wildman–Crippen MR) is 128 cm³/mol. The van der Waals surface area contributed by atoms with Crippen molar-refractivity contribution >= 4 is 23.1 Å². The Morgan fingerprint density at radius 2 is 2.03 bits per heavy atom. The Balaban J connectivity index is 1.29. The molecule has 1 fully saturated rings. The number of methoxy groups -OCH3 is 1. The van der Waals surface area contributed by atoms with Crippen LogP contribution in [0.2, 0.25) is 5.02 Å². The van der Waals surface area contributed by atoms with Crippen molar-refractivity contribution in [2.45, 2.75) is 31.2 Å². The topological polar surface area (TPSA) is 46.5 Å². The molecular weight excluding hydrogens is 422 g/mol. The van der Waals surface area contributed by atoms with Crippen LogP contribution in [0.1, 0.15) is 41.7 Å². The Morgan fingerprint density at radius 3 is 2.84 bits per heavy atom. The summed E-state index contributed by atoms with van der Waals surface area (Å²) in [6.07, 6.45) is 5.74. The molecule has 2 aliphatic rings. The zero-order valence-electron chi connectivity index (χ0n) is 18.3. The molecule has 5 rings (SSSR count). The summed E-state index contributed by atoms with van der Waals surface area (Å²) < 4.78 is 7.77. The molecule has 2 aliphatic heterocycles. The van der Waals surface area contributed by atoms with Gasteiger partial charge in [-0.2, -0.15) is 0 Å². The lowest BCUT2D eigenvalue weighted by Crippen LogP contribution is -2.53. The van der Waals surface area contributed by atoms with Crippen molar-refractivity contribution in [2.24, 2.45) is 0 Å². The quantitative estimate of drug-likeness (QED) is 0.503. The molecule has 0 radical (unpaired) electrons. The summed E-state index contributed by atoms with van der Waals surface area (Å²) in [4.78, 5) is 15.0. The number of aromatic nitrogens is 1. The molecule has 1 saturated heterocycles. The van der Waals surface area contributed by atoms with E-state index in [9.17, 15) is 4.79 Å². The van der Waals surface area contributed by atoms with Crippen LogP contribution in [0.5, 0.6) is 5.75 Å². The zero-order valence-corrected chi connectivity index (χ0v) is 19.1. The first-order valence-electron chi connectivity index (χ1n) is 11.2. The van der Waals surface area contributed by atoms with E-state index in [4.69, 9.17) is 16.3 Å². The van der Waals surface area contributed by atoms with Crippen LogP contribution < -0.4 is 10.1 Å². The van der Waals surface area contributed by atoms with Crippen molar-refractivity contribution in [3.63, 3.8) is 0 Å². The lowest BCUT2D eigenvalue weighted by Gasteiger charge is -2.47. The number of nitrogens with one attached hydrogen (secondary N) is 1. The maximum Gasteiger partial charge on any atom is 0.162 e. The van der Waals surface area contributed by atoms with Crippen molar-refractivity contribution in [1.29, 1.82) is 0 Å². The molecule has 1 unspecified atom stereocenters. The Bertz CT molecular complexity index is 1120. The molecule has 2 aromatic carbocycles. The van der Waals surface area contributed by atoms with E-state index in [1.807, 2.05) is 18.2 Å². The van der Waals surface area contributed by atoms with Crippen molar-refractivity contribution in [3.8, 4) is 11.4 Å². The number of anilines is 1. The van der Waals surface area contributed by atoms with Gasteiger partial charge in [0.1, 0.15) is 5.75 Å². The Kier molecular flexibility index (Phi) is 5.70. The normalized spacial score (nSPS) is 19.8. The van der Waals surface area contributed by atoms with Crippen molar-refractivity contribution in [1.82, 2.24) is 9.47 Å². The molecule has 0 bridgehead atoms. The van der Waals surface area contributed by atoms with Gasteiger partial charge in [0.2, 0.25) is 0 Å². The van der Waals surface area contributed by atoms with Gasteiger partial charge in [-0.15, -0.1) is 0 Å². The Morgan fingerprint density at radius 1 is 1.19 bits per heavy atom. The fourth-order valence-electron chi connectivity index (χ4n) is 5.14. The van der Waals surface area contributed by atoms with E-state index in [0.717, 1.165) is 61.6 Å². The highest BCUT2D eigenvalue weighted by atomic mass is 35.5. The smallest absolute Gasteiger partial charge is 0.162 e. The monoisotopic (exact) mass is 449 g/mol. The first-order valence-corrected chi connectivity index (χ1v) is 11.6. The largest absolute Gasteiger partial charge is 0.497 e. The molecule has 1 N–H and O–H groups in total.